The number of rotatable bonds is 2. The minimum atomic E-state index is 0.0546. The summed E-state index contributed by atoms with van der Waals surface area (Å²) in [5, 5.41) is 0. The van der Waals surface area contributed by atoms with E-state index in [2.05, 4.69) is 16.0 Å². The van der Waals surface area contributed by atoms with Gasteiger partial charge in [0.05, 0.1) is 18.4 Å². The van der Waals surface area contributed by atoms with Crippen molar-refractivity contribution in [1.29, 1.82) is 0 Å². The van der Waals surface area contributed by atoms with E-state index in [4.69, 9.17) is 20.2 Å². The molecule has 6 heteroatoms. The number of anilines is 1. The van der Waals surface area contributed by atoms with Gasteiger partial charge in [0.25, 0.3) is 0 Å². The molecule has 2 aliphatic rings. The average molecular weight is 326 g/mol. The molecule has 0 aliphatic carbocycles. The maximum atomic E-state index is 5.96. The molecule has 1 aromatic carbocycles. The highest BCUT2D eigenvalue weighted by molar-refractivity contribution is 5.54. The maximum Gasteiger partial charge on any atom is 0.136 e. The van der Waals surface area contributed by atoms with Crippen molar-refractivity contribution in [1.82, 2.24) is 9.97 Å². The number of nitrogens with zero attached hydrogens (tertiary/aromatic N) is 3. The Balaban J connectivity index is 1.75. The fourth-order valence-electron chi connectivity index (χ4n) is 3.38. The molecule has 0 spiro atoms. The van der Waals surface area contributed by atoms with Crippen molar-refractivity contribution in [2.75, 3.05) is 31.1 Å². The standard InChI is InChI=1S/C18H22N4O2/c1-12-20-16-11-24-17-5-3-2-4-13(17)8-15(16)18(21-12)22-6-7-23-14(9-19)10-22/h2-5,14H,6-11,19H2,1H3. The van der Waals surface area contributed by atoms with Gasteiger partial charge in [0.1, 0.15) is 24.0 Å². The lowest BCUT2D eigenvalue weighted by atomic mass is 10.0. The predicted octanol–water partition coefficient (Wildman–Crippen LogP) is 1.43. The van der Waals surface area contributed by atoms with Crippen LogP contribution in [-0.2, 0) is 17.8 Å². The van der Waals surface area contributed by atoms with Gasteiger partial charge in [0.2, 0.25) is 0 Å². The second-order valence-corrected chi connectivity index (χ2v) is 6.27. The lowest BCUT2D eigenvalue weighted by molar-refractivity contribution is 0.0462. The van der Waals surface area contributed by atoms with E-state index in [9.17, 15) is 0 Å². The topological polar surface area (TPSA) is 73.5 Å². The first-order valence-corrected chi connectivity index (χ1v) is 8.38. The van der Waals surface area contributed by atoms with E-state index >= 15 is 0 Å². The van der Waals surface area contributed by atoms with Gasteiger partial charge in [-0.25, -0.2) is 9.97 Å². The zero-order valence-electron chi connectivity index (χ0n) is 13.9. The summed E-state index contributed by atoms with van der Waals surface area (Å²) in [4.78, 5) is 11.7. The van der Waals surface area contributed by atoms with E-state index in [1.54, 1.807) is 0 Å². The van der Waals surface area contributed by atoms with Crippen LogP contribution in [0.25, 0.3) is 0 Å². The van der Waals surface area contributed by atoms with Crippen LogP contribution < -0.4 is 15.4 Å². The van der Waals surface area contributed by atoms with Crippen LogP contribution in [0.1, 0.15) is 22.6 Å². The highest BCUT2D eigenvalue weighted by Gasteiger charge is 2.26. The summed E-state index contributed by atoms with van der Waals surface area (Å²) < 4.78 is 11.7. The van der Waals surface area contributed by atoms with Gasteiger partial charge in [-0.15, -0.1) is 0 Å². The third-order valence-corrected chi connectivity index (χ3v) is 4.59. The molecule has 24 heavy (non-hydrogen) atoms. The molecule has 4 rings (SSSR count). The minimum absolute atomic E-state index is 0.0546. The van der Waals surface area contributed by atoms with Crippen molar-refractivity contribution in [3.05, 3.63) is 46.9 Å². The molecule has 2 aromatic rings. The number of nitrogens with two attached hydrogens (primary N) is 1. The molecule has 1 unspecified atom stereocenters. The SMILES string of the molecule is Cc1nc2c(c(N3CCOC(CN)C3)n1)Cc1ccccc1OC2. The number of fused-ring (bicyclic) bond motifs is 2. The molecule has 2 N–H and O–H groups in total. The molecule has 6 nitrogen and oxygen atoms in total. The molecular formula is C18H22N4O2. The van der Waals surface area contributed by atoms with Crippen LogP contribution in [0.3, 0.4) is 0 Å². The van der Waals surface area contributed by atoms with E-state index < -0.39 is 0 Å². The molecule has 1 fully saturated rings. The summed E-state index contributed by atoms with van der Waals surface area (Å²) in [6, 6.07) is 8.16. The van der Waals surface area contributed by atoms with Crippen molar-refractivity contribution in [2.24, 2.45) is 5.73 Å². The van der Waals surface area contributed by atoms with Crippen molar-refractivity contribution in [3.63, 3.8) is 0 Å². The summed E-state index contributed by atoms with van der Waals surface area (Å²) >= 11 is 0. The van der Waals surface area contributed by atoms with Crippen LogP contribution in [0.4, 0.5) is 5.82 Å². The lowest BCUT2D eigenvalue weighted by Crippen LogP contribution is -2.46. The van der Waals surface area contributed by atoms with Gasteiger partial charge in [-0.2, -0.15) is 0 Å². The second-order valence-electron chi connectivity index (χ2n) is 6.27. The van der Waals surface area contributed by atoms with Crippen molar-refractivity contribution in [2.45, 2.75) is 26.1 Å². The Bertz CT molecular complexity index is 750. The fourth-order valence-corrected chi connectivity index (χ4v) is 3.38. The lowest BCUT2D eigenvalue weighted by Gasteiger charge is -2.34. The number of aryl methyl sites for hydroxylation is 1. The van der Waals surface area contributed by atoms with Gasteiger partial charge in [-0.05, 0) is 18.6 Å². The van der Waals surface area contributed by atoms with Crippen LogP contribution in [0.15, 0.2) is 24.3 Å². The normalized spacial score (nSPS) is 19.9. The number of para-hydroxylation sites is 1. The molecule has 0 saturated carbocycles. The highest BCUT2D eigenvalue weighted by atomic mass is 16.5. The molecule has 1 aromatic heterocycles. The molecule has 1 atom stereocenters. The summed E-state index contributed by atoms with van der Waals surface area (Å²) in [5.41, 5.74) is 9.10. The predicted molar refractivity (Wildman–Crippen MR) is 91.4 cm³/mol. The number of aromatic nitrogens is 2. The van der Waals surface area contributed by atoms with Gasteiger partial charge >= 0.3 is 0 Å². The Morgan fingerprint density at radius 1 is 1.29 bits per heavy atom. The van der Waals surface area contributed by atoms with Crippen molar-refractivity contribution < 1.29 is 9.47 Å². The Morgan fingerprint density at radius 2 is 2.17 bits per heavy atom. The van der Waals surface area contributed by atoms with E-state index in [1.165, 1.54) is 5.56 Å². The average Bonchev–Trinajstić information content (AvgIpc) is 2.80. The molecular weight excluding hydrogens is 304 g/mol. The van der Waals surface area contributed by atoms with Gasteiger partial charge in [-0.1, -0.05) is 18.2 Å². The molecule has 126 valence electrons. The number of ether oxygens (including phenoxy) is 2. The van der Waals surface area contributed by atoms with Crippen LogP contribution >= 0.6 is 0 Å². The van der Waals surface area contributed by atoms with Crippen molar-refractivity contribution >= 4 is 5.82 Å². The Hall–Kier alpha value is -2.18. The fraction of sp³-hybridized carbons (Fsp3) is 0.444. The summed E-state index contributed by atoms with van der Waals surface area (Å²) in [5.74, 6) is 2.70. The first-order chi connectivity index (χ1) is 11.7. The maximum absolute atomic E-state index is 5.96. The molecule has 0 bridgehead atoms. The zero-order valence-corrected chi connectivity index (χ0v) is 13.9. The second kappa shape index (κ2) is 6.37. The van der Waals surface area contributed by atoms with Crippen LogP contribution in [0.2, 0.25) is 0 Å². The summed E-state index contributed by atoms with van der Waals surface area (Å²) in [6.45, 7) is 5.20. The van der Waals surface area contributed by atoms with Crippen LogP contribution in [0.5, 0.6) is 5.75 Å². The molecule has 3 heterocycles. The summed E-state index contributed by atoms with van der Waals surface area (Å²) in [7, 11) is 0. The van der Waals surface area contributed by atoms with Crippen molar-refractivity contribution in [3.8, 4) is 5.75 Å². The third kappa shape index (κ3) is 2.83. The largest absolute Gasteiger partial charge is 0.487 e. The third-order valence-electron chi connectivity index (χ3n) is 4.59. The first kappa shape index (κ1) is 15.4. The van der Waals surface area contributed by atoms with Gasteiger partial charge in [0, 0.05) is 31.6 Å². The van der Waals surface area contributed by atoms with E-state index in [-0.39, 0.29) is 6.10 Å². The zero-order chi connectivity index (χ0) is 16.5. The van der Waals surface area contributed by atoms with E-state index in [0.29, 0.717) is 19.8 Å². The van der Waals surface area contributed by atoms with E-state index in [1.807, 2.05) is 25.1 Å². The first-order valence-electron chi connectivity index (χ1n) is 8.38. The van der Waals surface area contributed by atoms with Crippen LogP contribution in [0, 0.1) is 6.92 Å². The quantitative estimate of drug-likeness (QED) is 0.900. The minimum Gasteiger partial charge on any atom is -0.487 e. The molecule has 1 saturated heterocycles. The van der Waals surface area contributed by atoms with E-state index in [0.717, 1.165) is 48.2 Å². The smallest absolute Gasteiger partial charge is 0.136 e. The number of hydrogen-bond acceptors (Lipinski definition) is 6. The molecule has 2 aliphatic heterocycles. The monoisotopic (exact) mass is 326 g/mol. The highest BCUT2D eigenvalue weighted by Crippen LogP contribution is 2.32. The number of morpholine rings is 1. The van der Waals surface area contributed by atoms with Crippen LogP contribution in [-0.4, -0.2) is 42.3 Å². The Morgan fingerprint density at radius 3 is 3.04 bits per heavy atom. The van der Waals surface area contributed by atoms with Gasteiger partial charge < -0.3 is 20.1 Å². The number of benzene rings is 1. The molecule has 0 amide bonds. The molecule has 0 radical (unpaired) electrons. The van der Waals surface area contributed by atoms with Gasteiger partial charge in [0.15, 0.2) is 0 Å². The Kier molecular flexibility index (Phi) is 4.08. The summed E-state index contributed by atoms with van der Waals surface area (Å²) in [6.07, 6.45) is 0.838. The Labute approximate surface area is 141 Å². The van der Waals surface area contributed by atoms with Gasteiger partial charge in [-0.3, -0.25) is 0 Å². The number of hydrogen-bond donors (Lipinski definition) is 1.